The summed E-state index contributed by atoms with van der Waals surface area (Å²) in [5.41, 5.74) is 1.70. The molecule has 1 rings (SSSR count). The molecule has 5 heteroatoms. The third-order valence-electron chi connectivity index (χ3n) is 2.93. The molecule has 1 aromatic carbocycles. The zero-order valence-corrected chi connectivity index (χ0v) is 13.5. The van der Waals surface area contributed by atoms with E-state index in [0.29, 0.717) is 23.2 Å². The number of halogens is 1. The highest BCUT2D eigenvalue weighted by Gasteiger charge is 2.15. The van der Waals surface area contributed by atoms with E-state index in [9.17, 15) is 4.79 Å². The van der Waals surface area contributed by atoms with Gasteiger partial charge in [0.25, 0.3) is 0 Å². The highest BCUT2D eigenvalue weighted by Crippen LogP contribution is 2.31. The van der Waals surface area contributed by atoms with E-state index >= 15 is 0 Å². The van der Waals surface area contributed by atoms with Crippen molar-refractivity contribution in [2.75, 3.05) is 19.0 Å². The second-order valence-electron chi connectivity index (χ2n) is 5.31. The first kappa shape index (κ1) is 16.6. The quantitative estimate of drug-likeness (QED) is 0.848. The standard InChI is InChI=1S/C15H23ClN2O2/c1-9(2)8-17-15(19)11(4)18-13-6-10(3)12(16)7-14(13)20-5/h6-7,9,11,18H,8H2,1-5H3,(H,17,19). The first-order valence-electron chi connectivity index (χ1n) is 6.73. The van der Waals surface area contributed by atoms with Crippen molar-refractivity contribution >= 4 is 23.2 Å². The van der Waals surface area contributed by atoms with Gasteiger partial charge >= 0.3 is 0 Å². The Morgan fingerprint density at radius 3 is 2.55 bits per heavy atom. The van der Waals surface area contributed by atoms with Gasteiger partial charge in [0.05, 0.1) is 12.8 Å². The Morgan fingerprint density at radius 2 is 2.00 bits per heavy atom. The number of amides is 1. The van der Waals surface area contributed by atoms with Gasteiger partial charge in [-0.1, -0.05) is 25.4 Å². The fourth-order valence-electron chi connectivity index (χ4n) is 1.70. The summed E-state index contributed by atoms with van der Waals surface area (Å²) in [5.74, 6) is 1.02. The summed E-state index contributed by atoms with van der Waals surface area (Å²) < 4.78 is 5.28. The number of rotatable bonds is 6. The van der Waals surface area contributed by atoms with E-state index in [0.717, 1.165) is 11.3 Å². The van der Waals surface area contributed by atoms with Gasteiger partial charge in [0, 0.05) is 17.6 Å². The number of hydrogen-bond acceptors (Lipinski definition) is 3. The fourth-order valence-corrected chi connectivity index (χ4v) is 1.86. The molecule has 0 bridgehead atoms. The molecule has 1 atom stereocenters. The van der Waals surface area contributed by atoms with Gasteiger partial charge in [-0.3, -0.25) is 4.79 Å². The van der Waals surface area contributed by atoms with Gasteiger partial charge in [-0.25, -0.2) is 0 Å². The lowest BCUT2D eigenvalue weighted by Gasteiger charge is -2.19. The zero-order chi connectivity index (χ0) is 15.3. The monoisotopic (exact) mass is 298 g/mol. The first-order chi connectivity index (χ1) is 9.35. The molecular weight excluding hydrogens is 276 g/mol. The Morgan fingerprint density at radius 1 is 1.35 bits per heavy atom. The maximum Gasteiger partial charge on any atom is 0.242 e. The van der Waals surface area contributed by atoms with E-state index in [1.54, 1.807) is 13.2 Å². The van der Waals surface area contributed by atoms with Crippen LogP contribution in [0.4, 0.5) is 5.69 Å². The van der Waals surface area contributed by atoms with Crippen molar-refractivity contribution < 1.29 is 9.53 Å². The van der Waals surface area contributed by atoms with Crippen LogP contribution >= 0.6 is 11.6 Å². The van der Waals surface area contributed by atoms with Crippen LogP contribution in [0.3, 0.4) is 0 Å². The predicted octanol–water partition coefficient (Wildman–Crippen LogP) is 3.23. The SMILES string of the molecule is COc1cc(Cl)c(C)cc1NC(C)C(=O)NCC(C)C. The van der Waals surface area contributed by atoms with Crippen molar-refractivity contribution in [2.24, 2.45) is 5.92 Å². The van der Waals surface area contributed by atoms with Crippen molar-refractivity contribution in [3.8, 4) is 5.75 Å². The largest absolute Gasteiger partial charge is 0.495 e. The number of carbonyl (C=O) groups excluding carboxylic acids is 1. The summed E-state index contributed by atoms with van der Waals surface area (Å²) in [4.78, 5) is 12.0. The number of anilines is 1. The number of aryl methyl sites for hydroxylation is 1. The molecule has 0 heterocycles. The summed E-state index contributed by atoms with van der Waals surface area (Å²) >= 11 is 6.06. The van der Waals surface area contributed by atoms with Crippen molar-refractivity contribution in [3.05, 3.63) is 22.7 Å². The number of nitrogens with one attached hydrogen (secondary N) is 2. The zero-order valence-electron chi connectivity index (χ0n) is 12.7. The Bertz CT molecular complexity index is 475. The summed E-state index contributed by atoms with van der Waals surface area (Å²) in [6, 6.07) is 3.29. The van der Waals surface area contributed by atoms with E-state index in [1.165, 1.54) is 0 Å². The Labute approximate surface area is 125 Å². The van der Waals surface area contributed by atoms with Crippen LogP contribution in [0.15, 0.2) is 12.1 Å². The summed E-state index contributed by atoms with van der Waals surface area (Å²) in [6.45, 7) is 8.52. The van der Waals surface area contributed by atoms with E-state index in [-0.39, 0.29) is 11.9 Å². The number of methoxy groups -OCH3 is 1. The molecule has 0 fully saturated rings. The minimum absolute atomic E-state index is 0.0339. The minimum Gasteiger partial charge on any atom is -0.495 e. The Balaban J connectivity index is 2.77. The molecule has 0 aliphatic carbocycles. The maximum absolute atomic E-state index is 12.0. The molecule has 0 aromatic heterocycles. The molecule has 4 nitrogen and oxygen atoms in total. The molecule has 0 saturated heterocycles. The van der Waals surface area contributed by atoms with Gasteiger partial charge in [0.15, 0.2) is 0 Å². The van der Waals surface area contributed by atoms with Gasteiger partial charge in [0.2, 0.25) is 5.91 Å². The van der Waals surface area contributed by atoms with Crippen molar-refractivity contribution in [1.82, 2.24) is 5.32 Å². The molecular formula is C15H23ClN2O2. The molecule has 0 aliphatic heterocycles. The van der Waals surface area contributed by atoms with Gasteiger partial charge in [0.1, 0.15) is 11.8 Å². The summed E-state index contributed by atoms with van der Waals surface area (Å²) in [6.07, 6.45) is 0. The van der Waals surface area contributed by atoms with Gasteiger partial charge in [-0.05, 0) is 31.4 Å². The molecule has 1 aromatic rings. The Kier molecular flexibility index (Phi) is 6.14. The van der Waals surface area contributed by atoms with Crippen LogP contribution in [0.1, 0.15) is 26.3 Å². The molecule has 0 radical (unpaired) electrons. The Hall–Kier alpha value is -1.42. The third-order valence-corrected chi connectivity index (χ3v) is 3.34. The van der Waals surface area contributed by atoms with Crippen LogP contribution < -0.4 is 15.4 Å². The molecule has 1 amide bonds. The lowest BCUT2D eigenvalue weighted by Crippen LogP contribution is -2.39. The van der Waals surface area contributed by atoms with Crippen LogP contribution in [0.5, 0.6) is 5.75 Å². The van der Waals surface area contributed by atoms with Gasteiger partial charge in [-0.2, -0.15) is 0 Å². The highest BCUT2D eigenvalue weighted by molar-refractivity contribution is 6.31. The van der Waals surface area contributed by atoms with Crippen molar-refractivity contribution in [2.45, 2.75) is 33.7 Å². The number of ether oxygens (including phenoxy) is 1. The second kappa shape index (κ2) is 7.39. The second-order valence-corrected chi connectivity index (χ2v) is 5.71. The molecule has 2 N–H and O–H groups in total. The highest BCUT2D eigenvalue weighted by atomic mass is 35.5. The number of carbonyl (C=O) groups is 1. The number of hydrogen-bond donors (Lipinski definition) is 2. The summed E-state index contributed by atoms with van der Waals surface area (Å²) in [5, 5.41) is 6.70. The third kappa shape index (κ3) is 4.60. The van der Waals surface area contributed by atoms with Crippen LogP contribution in [0.25, 0.3) is 0 Å². The van der Waals surface area contributed by atoms with Gasteiger partial charge < -0.3 is 15.4 Å². The average Bonchev–Trinajstić information content (AvgIpc) is 2.39. The molecule has 0 saturated carbocycles. The van der Waals surface area contributed by atoms with E-state index < -0.39 is 0 Å². The maximum atomic E-state index is 12.0. The predicted molar refractivity (Wildman–Crippen MR) is 83.7 cm³/mol. The lowest BCUT2D eigenvalue weighted by molar-refractivity contribution is -0.121. The molecule has 0 aliphatic rings. The number of benzene rings is 1. The normalized spacial score (nSPS) is 12.2. The van der Waals surface area contributed by atoms with Crippen molar-refractivity contribution in [1.29, 1.82) is 0 Å². The van der Waals surface area contributed by atoms with Gasteiger partial charge in [-0.15, -0.1) is 0 Å². The molecule has 1 unspecified atom stereocenters. The molecule has 112 valence electrons. The summed E-state index contributed by atoms with van der Waals surface area (Å²) in [7, 11) is 1.58. The van der Waals surface area contributed by atoms with Crippen LogP contribution in [0, 0.1) is 12.8 Å². The smallest absolute Gasteiger partial charge is 0.242 e. The van der Waals surface area contributed by atoms with Crippen LogP contribution in [-0.4, -0.2) is 25.6 Å². The lowest BCUT2D eigenvalue weighted by atomic mass is 10.1. The fraction of sp³-hybridized carbons (Fsp3) is 0.533. The van der Waals surface area contributed by atoms with Crippen LogP contribution in [0.2, 0.25) is 5.02 Å². The first-order valence-corrected chi connectivity index (χ1v) is 7.11. The topological polar surface area (TPSA) is 50.4 Å². The van der Waals surface area contributed by atoms with E-state index in [4.69, 9.17) is 16.3 Å². The van der Waals surface area contributed by atoms with Crippen molar-refractivity contribution in [3.63, 3.8) is 0 Å². The van der Waals surface area contributed by atoms with E-state index in [1.807, 2.05) is 19.9 Å². The molecule has 0 spiro atoms. The van der Waals surface area contributed by atoms with Crippen LogP contribution in [-0.2, 0) is 4.79 Å². The van der Waals surface area contributed by atoms with E-state index in [2.05, 4.69) is 24.5 Å². The average molecular weight is 299 g/mol. The minimum atomic E-state index is -0.344. The molecule has 20 heavy (non-hydrogen) atoms.